The lowest BCUT2D eigenvalue weighted by Crippen LogP contribution is -2.42. The molecule has 0 radical (unpaired) electrons. The molecule has 0 bridgehead atoms. The van der Waals surface area contributed by atoms with Crippen LogP contribution in [0.15, 0.2) is 0 Å². The number of rotatable bonds is 4. The second kappa shape index (κ2) is 5.83. The molecule has 1 N–H and O–H groups in total. The molecule has 0 aromatic heterocycles. The Morgan fingerprint density at radius 1 is 1.35 bits per heavy atom. The normalized spacial score (nSPS) is 29.3. The van der Waals surface area contributed by atoms with Gasteiger partial charge in [-0.15, -0.1) is 0 Å². The Labute approximate surface area is 106 Å². The molecule has 17 heavy (non-hydrogen) atoms. The van der Waals surface area contributed by atoms with Crippen molar-refractivity contribution in [2.75, 3.05) is 12.3 Å². The van der Waals surface area contributed by atoms with E-state index in [-0.39, 0.29) is 17.5 Å². The van der Waals surface area contributed by atoms with Gasteiger partial charge in [-0.3, -0.25) is 0 Å². The van der Waals surface area contributed by atoms with Gasteiger partial charge in [0.05, 0.1) is 0 Å². The Bertz CT molecular complexity index is 240. The molecule has 0 saturated heterocycles. The maximum atomic E-state index is 11.9. The fraction of sp³-hybridized carbons (Fsp3) is 1.00. The minimum Gasteiger partial charge on any atom is -0.313 e. The van der Waals surface area contributed by atoms with Crippen LogP contribution in [0, 0.1) is 11.3 Å². The van der Waals surface area contributed by atoms with Gasteiger partial charge in [0.2, 0.25) is 0 Å². The zero-order valence-corrected chi connectivity index (χ0v) is 11.5. The molecular weight excluding hydrogens is 247 g/mol. The number of hydrogen-bond acceptors (Lipinski definition) is 2. The summed E-state index contributed by atoms with van der Waals surface area (Å²) in [5.74, 6) is 0.658. The number of thioether (sulfide) groups is 1. The lowest BCUT2D eigenvalue weighted by Gasteiger charge is -2.39. The van der Waals surface area contributed by atoms with E-state index >= 15 is 0 Å². The fourth-order valence-corrected chi connectivity index (χ4v) is 3.11. The smallest absolute Gasteiger partial charge is 0.313 e. The highest BCUT2D eigenvalue weighted by Gasteiger charge is 2.32. The summed E-state index contributed by atoms with van der Waals surface area (Å²) in [6.45, 7) is 7.16. The van der Waals surface area contributed by atoms with Gasteiger partial charge in [-0.1, -0.05) is 20.8 Å². The van der Waals surface area contributed by atoms with E-state index in [0.717, 1.165) is 19.3 Å². The lowest BCUT2D eigenvalue weighted by atomic mass is 9.70. The van der Waals surface area contributed by atoms with Gasteiger partial charge < -0.3 is 5.32 Å². The molecule has 2 unspecified atom stereocenters. The first-order valence-corrected chi connectivity index (χ1v) is 7.12. The zero-order valence-electron chi connectivity index (χ0n) is 10.7. The van der Waals surface area contributed by atoms with E-state index in [0.29, 0.717) is 23.9 Å². The fourth-order valence-electron chi connectivity index (χ4n) is 2.66. The summed E-state index contributed by atoms with van der Waals surface area (Å²) < 4.78 is 35.8. The van der Waals surface area contributed by atoms with E-state index in [1.54, 1.807) is 0 Å². The maximum absolute atomic E-state index is 11.9. The van der Waals surface area contributed by atoms with Gasteiger partial charge in [-0.2, -0.15) is 13.2 Å². The third kappa shape index (κ3) is 6.00. The highest BCUT2D eigenvalue weighted by Crippen LogP contribution is 2.38. The minimum absolute atomic E-state index is 0.0607. The highest BCUT2D eigenvalue weighted by molar-refractivity contribution is 8.00. The average Bonchev–Trinajstić information content (AvgIpc) is 2.12. The molecule has 0 aromatic carbocycles. The standard InChI is InChI=1S/C12H22F3NS/c1-9-8-11(2,3)5-4-10(9)16-6-7-17-12(13,14)15/h9-10,16H,4-8H2,1-3H3. The molecule has 0 spiro atoms. The van der Waals surface area contributed by atoms with E-state index < -0.39 is 5.51 Å². The molecule has 1 nitrogen and oxygen atoms in total. The van der Waals surface area contributed by atoms with Gasteiger partial charge in [0, 0.05) is 18.3 Å². The van der Waals surface area contributed by atoms with E-state index in [4.69, 9.17) is 0 Å². The van der Waals surface area contributed by atoms with Crippen molar-refractivity contribution >= 4 is 11.8 Å². The third-order valence-corrected chi connectivity index (χ3v) is 4.20. The van der Waals surface area contributed by atoms with Crippen LogP contribution >= 0.6 is 11.8 Å². The van der Waals surface area contributed by atoms with Crippen LogP contribution in [0.1, 0.15) is 40.0 Å². The molecule has 0 amide bonds. The summed E-state index contributed by atoms with van der Waals surface area (Å²) in [5, 5.41) is 3.26. The SMILES string of the molecule is CC1CC(C)(C)CCC1NCCSC(F)(F)F. The predicted octanol–water partition coefficient (Wildman–Crippen LogP) is 4.04. The van der Waals surface area contributed by atoms with Gasteiger partial charge in [-0.25, -0.2) is 0 Å². The van der Waals surface area contributed by atoms with Gasteiger partial charge in [0.25, 0.3) is 0 Å². The van der Waals surface area contributed by atoms with Crippen molar-refractivity contribution in [1.29, 1.82) is 0 Å². The van der Waals surface area contributed by atoms with E-state index in [1.807, 2.05) is 0 Å². The van der Waals surface area contributed by atoms with Crippen LogP contribution in [-0.4, -0.2) is 23.8 Å². The molecule has 1 rings (SSSR count). The van der Waals surface area contributed by atoms with Crippen LogP contribution in [0.25, 0.3) is 0 Å². The third-order valence-electron chi connectivity index (χ3n) is 3.47. The first-order valence-electron chi connectivity index (χ1n) is 6.14. The van der Waals surface area contributed by atoms with Crippen LogP contribution in [-0.2, 0) is 0 Å². The van der Waals surface area contributed by atoms with E-state index in [2.05, 4.69) is 26.1 Å². The van der Waals surface area contributed by atoms with Crippen molar-refractivity contribution < 1.29 is 13.2 Å². The number of nitrogens with one attached hydrogen (secondary N) is 1. The average molecular weight is 269 g/mol. The molecule has 0 heterocycles. The molecule has 0 aromatic rings. The molecule has 1 fully saturated rings. The van der Waals surface area contributed by atoms with Crippen molar-refractivity contribution in [1.82, 2.24) is 5.32 Å². The Balaban J connectivity index is 2.20. The highest BCUT2D eigenvalue weighted by atomic mass is 32.2. The zero-order chi connectivity index (χ0) is 13.1. The first-order chi connectivity index (χ1) is 7.70. The van der Waals surface area contributed by atoms with Crippen LogP contribution in [0.5, 0.6) is 0 Å². The van der Waals surface area contributed by atoms with Crippen LogP contribution < -0.4 is 5.32 Å². The van der Waals surface area contributed by atoms with Gasteiger partial charge in [0.1, 0.15) is 0 Å². The van der Waals surface area contributed by atoms with Gasteiger partial charge >= 0.3 is 5.51 Å². The molecule has 1 aliphatic rings. The van der Waals surface area contributed by atoms with Crippen molar-refractivity contribution in [3.05, 3.63) is 0 Å². The van der Waals surface area contributed by atoms with E-state index in [1.165, 1.54) is 0 Å². The second-order valence-corrected chi connectivity index (χ2v) is 6.90. The summed E-state index contributed by atoms with van der Waals surface area (Å²) in [6.07, 6.45) is 3.38. The first kappa shape index (κ1) is 15.2. The quantitative estimate of drug-likeness (QED) is 0.773. The monoisotopic (exact) mass is 269 g/mol. The minimum atomic E-state index is -4.10. The summed E-state index contributed by atoms with van der Waals surface area (Å²) in [5.41, 5.74) is -3.71. The topological polar surface area (TPSA) is 12.0 Å². The van der Waals surface area contributed by atoms with Crippen LogP contribution in [0.2, 0.25) is 0 Å². The Morgan fingerprint density at radius 3 is 2.53 bits per heavy atom. The largest absolute Gasteiger partial charge is 0.441 e. The lowest BCUT2D eigenvalue weighted by molar-refractivity contribution is -0.0327. The molecule has 1 aliphatic carbocycles. The predicted molar refractivity (Wildman–Crippen MR) is 67.1 cm³/mol. The summed E-state index contributed by atoms with van der Waals surface area (Å²) in [6, 6.07) is 0.386. The Morgan fingerprint density at radius 2 is 2.00 bits per heavy atom. The second-order valence-electron chi connectivity index (χ2n) is 5.74. The molecule has 102 valence electrons. The number of hydrogen-bond donors (Lipinski definition) is 1. The van der Waals surface area contributed by atoms with Crippen molar-refractivity contribution in [3.8, 4) is 0 Å². The number of alkyl halides is 3. The molecule has 2 atom stereocenters. The van der Waals surface area contributed by atoms with Gasteiger partial charge in [0.15, 0.2) is 0 Å². The van der Waals surface area contributed by atoms with E-state index in [9.17, 15) is 13.2 Å². The van der Waals surface area contributed by atoms with Crippen LogP contribution in [0.3, 0.4) is 0 Å². The van der Waals surface area contributed by atoms with Crippen molar-refractivity contribution in [3.63, 3.8) is 0 Å². The molecule has 5 heteroatoms. The van der Waals surface area contributed by atoms with Crippen molar-refractivity contribution in [2.45, 2.75) is 51.6 Å². The summed E-state index contributed by atoms with van der Waals surface area (Å²) in [7, 11) is 0. The van der Waals surface area contributed by atoms with Crippen LogP contribution in [0.4, 0.5) is 13.2 Å². The summed E-state index contributed by atoms with van der Waals surface area (Å²) >= 11 is 0.0607. The molecule has 1 saturated carbocycles. The summed E-state index contributed by atoms with van der Waals surface area (Å²) in [4.78, 5) is 0. The molecule has 0 aliphatic heterocycles. The Hall–Kier alpha value is 0.100. The van der Waals surface area contributed by atoms with Gasteiger partial charge in [-0.05, 0) is 42.4 Å². The Kier molecular flexibility index (Phi) is 5.20. The number of halogens is 3. The molecular formula is C12H22F3NS. The maximum Gasteiger partial charge on any atom is 0.441 e. The van der Waals surface area contributed by atoms with Crippen molar-refractivity contribution in [2.24, 2.45) is 11.3 Å².